The van der Waals surface area contributed by atoms with Crippen LogP contribution in [-0.4, -0.2) is 48.8 Å². The minimum Gasteiger partial charge on any atom is -0.371 e. The van der Waals surface area contributed by atoms with Crippen LogP contribution in [0.3, 0.4) is 0 Å². The van der Waals surface area contributed by atoms with E-state index in [-0.39, 0.29) is 5.60 Å². The van der Waals surface area contributed by atoms with Gasteiger partial charge in [0, 0.05) is 19.1 Å². The van der Waals surface area contributed by atoms with Crippen molar-refractivity contribution in [2.24, 2.45) is 0 Å². The molecule has 100 valence electrons. The molecular formula is C14H28N2O. The van der Waals surface area contributed by atoms with Gasteiger partial charge in [-0.25, -0.2) is 0 Å². The topological polar surface area (TPSA) is 24.5 Å². The van der Waals surface area contributed by atoms with Crippen molar-refractivity contribution in [3.05, 3.63) is 0 Å². The largest absolute Gasteiger partial charge is 0.371 e. The molecule has 0 radical (unpaired) electrons. The highest BCUT2D eigenvalue weighted by Gasteiger charge is 2.32. The van der Waals surface area contributed by atoms with Crippen molar-refractivity contribution in [3.63, 3.8) is 0 Å². The van der Waals surface area contributed by atoms with E-state index in [0.29, 0.717) is 12.1 Å². The van der Waals surface area contributed by atoms with Crippen molar-refractivity contribution < 1.29 is 4.74 Å². The van der Waals surface area contributed by atoms with Crippen LogP contribution >= 0.6 is 0 Å². The quantitative estimate of drug-likeness (QED) is 0.817. The molecule has 0 aromatic rings. The monoisotopic (exact) mass is 240 g/mol. The Morgan fingerprint density at radius 1 is 1.41 bits per heavy atom. The van der Waals surface area contributed by atoms with E-state index in [0.717, 1.165) is 6.54 Å². The Balaban J connectivity index is 1.81. The van der Waals surface area contributed by atoms with Crippen LogP contribution in [0.25, 0.3) is 0 Å². The smallest absolute Gasteiger partial charge is 0.0710 e. The molecule has 2 atom stereocenters. The highest BCUT2D eigenvalue weighted by atomic mass is 16.5. The summed E-state index contributed by atoms with van der Waals surface area (Å²) in [6, 6.07) is 0.673. The van der Waals surface area contributed by atoms with E-state index in [1.165, 1.54) is 45.3 Å². The molecule has 0 aromatic heterocycles. The first kappa shape index (κ1) is 13.3. The fourth-order valence-electron chi connectivity index (χ4n) is 3.01. The van der Waals surface area contributed by atoms with Crippen LogP contribution in [0.2, 0.25) is 0 Å². The lowest BCUT2D eigenvalue weighted by atomic mass is 10.1. The van der Waals surface area contributed by atoms with Gasteiger partial charge in [0.2, 0.25) is 0 Å². The van der Waals surface area contributed by atoms with E-state index < -0.39 is 0 Å². The third-order valence-corrected chi connectivity index (χ3v) is 4.07. The predicted octanol–water partition coefficient (Wildman–Crippen LogP) is 2.02. The summed E-state index contributed by atoms with van der Waals surface area (Å²) in [5.41, 5.74) is 0.110. The van der Waals surface area contributed by atoms with E-state index in [9.17, 15) is 0 Å². The van der Waals surface area contributed by atoms with E-state index in [4.69, 9.17) is 4.74 Å². The fourth-order valence-corrected chi connectivity index (χ4v) is 3.01. The SMILES string of the molecule is CCC1CN(CC2CCC(C)(C)O2)CCCN1. The third kappa shape index (κ3) is 3.94. The third-order valence-electron chi connectivity index (χ3n) is 4.07. The zero-order valence-electron chi connectivity index (χ0n) is 11.7. The molecule has 3 nitrogen and oxygen atoms in total. The predicted molar refractivity (Wildman–Crippen MR) is 71.3 cm³/mol. The Morgan fingerprint density at radius 3 is 2.88 bits per heavy atom. The molecule has 2 aliphatic rings. The van der Waals surface area contributed by atoms with Gasteiger partial charge in [0.1, 0.15) is 0 Å². The van der Waals surface area contributed by atoms with Gasteiger partial charge in [-0.15, -0.1) is 0 Å². The highest BCUT2D eigenvalue weighted by molar-refractivity contribution is 4.84. The second-order valence-electron chi connectivity index (χ2n) is 6.21. The van der Waals surface area contributed by atoms with Gasteiger partial charge in [-0.3, -0.25) is 4.90 Å². The minimum absolute atomic E-state index is 0.110. The molecule has 2 unspecified atom stereocenters. The molecule has 2 rings (SSSR count). The molecule has 2 saturated heterocycles. The lowest BCUT2D eigenvalue weighted by molar-refractivity contribution is -0.0287. The highest BCUT2D eigenvalue weighted by Crippen LogP contribution is 2.29. The fraction of sp³-hybridized carbons (Fsp3) is 1.00. The molecule has 0 bridgehead atoms. The van der Waals surface area contributed by atoms with Crippen LogP contribution in [0.15, 0.2) is 0 Å². The van der Waals surface area contributed by atoms with Crippen LogP contribution < -0.4 is 5.32 Å². The Morgan fingerprint density at radius 2 is 2.24 bits per heavy atom. The lowest BCUT2D eigenvalue weighted by Gasteiger charge is -2.27. The Hall–Kier alpha value is -0.120. The Labute approximate surface area is 106 Å². The summed E-state index contributed by atoms with van der Waals surface area (Å²) in [6.07, 6.45) is 5.40. The zero-order chi connectivity index (χ0) is 12.3. The first-order valence-electron chi connectivity index (χ1n) is 7.22. The van der Waals surface area contributed by atoms with Crippen molar-refractivity contribution in [1.82, 2.24) is 10.2 Å². The zero-order valence-corrected chi connectivity index (χ0v) is 11.7. The number of nitrogens with one attached hydrogen (secondary N) is 1. The minimum atomic E-state index is 0.110. The number of rotatable bonds is 3. The average molecular weight is 240 g/mol. The molecule has 2 fully saturated rings. The first-order chi connectivity index (χ1) is 8.09. The molecular weight excluding hydrogens is 212 g/mol. The number of nitrogens with zero attached hydrogens (tertiary/aromatic N) is 1. The molecule has 0 aliphatic carbocycles. The number of hydrogen-bond acceptors (Lipinski definition) is 3. The van der Waals surface area contributed by atoms with Crippen LogP contribution in [0, 0.1) is 0 Å². The summed E-state index contributed by atoms with van der Waals surface area (Å²) >= 11 is 0. The van der Waals surface area contributed by atoms with Gasteiger partial charge >= 0.3 is 0 Å². The van der Waals surface area contributed by atoms with Gasteiger partial charge in [-0.2, -0.15) is 0 Å². The van der Waals surface area contributed by atoms with Gasteiger partial charge in [0.05, 0.1) is 11.7 Å². The van der Waals surface area contributed by atoms with Crippen molar-refractivity contribution in [3.8, 4) is 0 Å². The van der Waals surface area contributed by atoms with E-state index in [1.54, 1.807) is 0 Å². The maximum Gasteiger partial charge on any atom is 0.0710 e. The van der Waals surface area contributed by atoms with Gasteiger partial charge in [0.15, 0.2) is 0 Å². The molecule has 17 heavy (non-hydrogen) atoms. The molecule has 0 amide bonds. The molecule has 0 saturated carbocycles. The summed E-state index contributed by atoms with van der Waals surface area (Å²) in [5.74, 6) is 0. The van der Waals surface area contributed by atoms with Crippen LogP contribution in [-0.2, 0) is 4.74 Å². The summed E-state index contributed by atoms with van der Waals surface area (Å²) in [5, 5.41) is 3.62. The van der Waals surface area contributed by atoms with Crippen LogP contribution in [0.4, 0.5) is 0 Å². The van der Waals surface area contributed by atoms with E-state index >= 15 is 0 Å². The molecule has 0 spiro atoms. The average Bonchev–Trinajstić information content (AvgIpc) is 2.51. The second kappa shape index (κ2) is 5.68. The second-order valence-corrected chi connectivity index (χ2v) is 6.21. The van der Waals surface area contributed by atoms with E-state index in [2.05, 4.69) is 31.0 Å². The van der Waals surface area contributed by atoms with E-state index in [1.807, 2.05) is 0 Å². The van der Waals surface area contributed by atoms with Crippen molar-refractivity contribution in [1.29, 1.82) is 0 Å². The molecule has 0 aromatic carbocycles. The maximum absolute atomic E-state index is 6.10. The summed E-state index contributed by atoms with van der Waals surface area (Å²) in [7, 11) is 0. The van der Waals surface area contributed by atoms with Gasteiger partial charge < -0.3 is 10.1 Å². The van der Waals surface area contributed by atoms with Gasteiger partial charge in [-0.1, -0.05) is 6.92 Å². The van der Waals surface area contributed by atoms with Crippen molar-refractivity contribution in [2.75, 3.05) is 26.2 Å². The Bertz CT molecular complexity index is 242. The first-order valence-corrected chi connectivity index (χ1v) is 7.22. The van der Waals surface area contributed by atoms with Crippen LogP contribution in [0.1, 0.15) is 46.5 Å². The van der Waals surface area contributed by atoms with Gasteiger partial charge in [-0.05, 0) is 52.6 Å². The Kier molecular flexibility index (Phi) is 4.45. The summed E-state index contributed by atoms with van der Waals surface area (Å²) in [4.78, 5) is 2.60. The number of ether oxygens (including phenoxy) is 1. The van der Waals surface area contributed by atoms with Crippen molar-refractivity contribution >= 4 is 0 Å². The van der Waals surface area contributed by atoms with Crippen LogP contribution in [0.5, 0.6) is 0 Å². The van der Waals surface area contributed by atoms with Gasteiger partial charge in [0.25, 0.3) is 0 Å². The van der Waals surface area contributed by atoms with Crippen molar-refractivity contribution in [2.45, 2.75) is 64.2 Å². The summed E-state index contributed by atoms with van der Waals surface area (Å²) < 4.78 is 6.10. The lowest BCUT2D eigenvalue weighted by Crippen LogP contribution is -2.40. The molecule has 2 heterocycles. The maximum atomic E-state index is 6.10. The summed E-state index contributed by atoms with van der Waals surface area (Å²) in [6.45, 7) is 11.4. The standard InChI is InChI=1S/C14H28N2O/c1-4-12-10-16(9-5-8-15-12)11-13-6-7-14(2,3)17-13/h12-13,15H,4-11H2,1-3H3. The number of hydrogen-bond donors (Lipinski definition) is 1. The molecule has 3 heteroatoms. The molecule has 2 aliphatic heterocycles. The normalized spacial score (nSPS) is 34.8. The molecule has 1 N–H and O–H groups in total.